The number of unbranched alkanes of at least 4 members (excludes halogenated alkanes) is 1. The van der Waals surface area contributed by atoms with E-state index in [9.17, 15) is 4.79 Å². The molecule has 1 amide bonds. The fraction of sp³-hybridized carbons (Fsp3) is 0.333. The van der Waals surface area contributed by atoms with Crippen LogP contribution >= 0.6 is 0 Å². The second kappa shape index (κ2) is 9.55. The molecule has 3 aromatic heterocycles. The van der Waals surface area contributed by atoms with Crippen molar-refractivity contribution in [3.05, 3.63) is 66.0 Å². The van der Waals surface area contributed by atoms with Crippen molar-refractivity contribution in [3.63, 3.8) is 0 Å². The van der Waals surface area contributed by atoms with Crippen LogP contribution in [0.15, 0.2) is 57.7 Å². The number of fused-ring (bicyclic) bond motifs is 1. The summed E-state index contributed by atoms with van der Waals surface area (Å²) in [6.07, 6.45) is 7.09. The van der Waals surface area contributed by atoms with E-state index < -0.39 is 0 Å². The summed E-state index contributed by atoms with van der Waals surface area (Å²) in [5, 5.41) is 5.07. The summed E-state index contributed by atoms with van der Waals surface area (Å²) in [6, 6.07) is 11.6. The van der Waals surface area contributed by atoms with E-state index in [1.165, 1.54) is 0 Å². The van der Waals surface area contributed by atoms with Gasteiger partial charge >= 0.3 is 0 Å². The van der Waals surface area contributed by atoms with Crippen LogP contribution in [0.25, 0.3) is 22.4 Å². The summed E-state index contributed by atoms with van der Waals surface area (Å²) in [4.78, 5) is 22.9. The number of para-hydroxylation sites is 1. The molecular weight excluding hydrogens is 392 g/mol. The van der Waals surface area contributed by atoms with Crippen molar-refractivity contribution in [3.8, 4) is 11.4 Å². The predicted octanol–water partition coefficient (Wildman–Crippen LogP) is 4.81. The second-order valence-electron chi connectivity index (χ2n) is 7.60. The van der Waals surface area contributed by atoms with Crippen molar-refractivity contribution in [2.45, 2.75) is 45.6 Å². The maximum atomic E-state index is 12.8. The molecule has 7 nitrogen and oxygen atoms in total. The van der Waals surface area contributed by atoms with Gasteiger partial charge in [0.15, 0.2) is 0 Å². The third-order valence-corrected chi connectivity index (χ3v) is 5.32. The van der Waals surface area contributed by atoms with Crippen LogP contribution in [0.1, 0.15) is 43.4 Å². The SMILES string of the molecule is CCCCc1oc2ccccc2c1CN(C)C(=O)CCc1nc(-c2ccncc2)no1. The molecule has 0 spiro atoms. The highest BCUT2D eigenvalue weighted by atomic mass is 16.5. The number of carbonyl (C=O) groups is 1. The quantitative estimate of drug-likeness (QED) is 0.388. The lowest BCUT2D eigenvalue weighted by molar-refractivity contribution is -0.130. The first-order valence-electron chi connectivity index (χ1n) is 10.6. The molecule has 0 aliphatic heterocycles. The van der Waals surface area contributed by atoms with Crippen LogP contribution in [0.3, 0.4) is 0 Å². The number of nitrogens with zero attached hydrogens (tertiary/aromatic N) is 4. The average molecular weight is 418 g/mol. The molecule has 0 atom stereocenters. The minimum atomic E-state index is 0.0235. The van der Waals surface area contributed by atoms with Gasteiger partial charge in [-0.1, -0.05) is 36.7 Å². The van der Waals surface area contributed by atoms with Gasteiger partial charge in [-0.2, -0.15) is 4.98 Å². The summed E-state index contributed by atoms with van der Waals surface area (Å²) in [6.45, 7) is 2.68. The van der Waals surface area contributed by atoms with E-state index in [0.29, 0.717) is 31.1 Å². The summed E-state index contributed by atoms with van der Waals surface area (Å²) < 4.78 is 11.4. The second-order valence-corrected chi connectivity index (χ2v) is 7.60. The highest BCUT2D eigenvalue weighted by Gasteiger charge is 2.19. The minimum absolute atomic E-state index is 0.0235. The lowest BCUT2D eigenvalue weighted by Gasteiger charge is -2.17. The van der Waals surface area contributed by atoms with Crippen molar-refractivity contribution in [1.82, 2.24) is 20.0 Å². The van der Waals surface area contributed by atoms with Crippen LogP contribution in [0, 0.1) is 0 Å². The fourth-order valence-corrected chi connectivity index (χ4v) is 3.57. The van der Waals surface area contributed by atoms with E-state index in [-0.39, 0.29) is 5.91 Å². The number of benzene rings is 1. The third kappa shape index (κ3) is 4.82. The standard InChI is InChI=1S/C24H26N4O3/c1-3-4-8-21-19(18-7-5-6-9-20(18)30-21)16-28(2)23(29)11-10-22-26-24(27-31-22)17-12-14-25-15-13-17/h5-7,9,12-15H,3-4,8,10-11,16H2,1-2H3. The monoisotopic (exact) mass is 418 g/mol. The summed E-state index contributed by atoms with van der Waals surface area (Å²) >= 11 is 0. The Labute approximate surface area is 181 Å². The number of hydrogen-bond donors (Lipinski definition) is 0. The molecular formula is C24H26N4O3. The molecule has 0 N–H and O–H groups in total. The summed E-state index contributed by atoms with van der Waals surface area (Å²) in [5.74, 6) is 1.95. The summed E-state index contributed by atoms with van der Waals surface area (Å²) in [5.41, 5.74) is 2.80. The van der Waals surface area contributed by atoms with E-state index in [0.717, 1.165) is 47.1 Å². The van der Waals surface area contributed by atoms with Gasteiger partial charge in [-0.3, -0.25) is 9.78 Å². The van der Waals surface area contributed by atoms with Crippen LogP contribution in [0.4, 0.5) is 0 Å². The molecule has 7 heteroatoms. The van der Waals surface area contributed by atoms with Crippen molar-refractivity contribution < 1.29 is 13.7 Å². The molecule has 4 aromatic rings. The van der Waals surface area contributed by atoms with Crippen LogP contribution in [0.5, 0.6) is 0 Å². The smallest absolute Gasteiger partial charge is 0.227 e. The molecule has 0 radical (unpaired) electrons. The number of aryl methyl sites for hydroxylation is 2. The Hall–Kier alpha value is -3.48. The van der Waals surface area contributed by atoms with E-state index in [1.807, 2.05) is 37.4 Å². The number of carbonyl (C=O) groups excluding carboxylic acids is 1. The number of amides is 1. The maximum absolute atomic E-state index is 12.8. The first-order chi connectivity index (χ1) is 15.2. The van der Waals surface area contributed by atoms with Gasteiger partial charge in [0.25, 0.3) is 0 Å². The largest absolute Gasteiger partial charge is 0.461 e. The molecule has 4 rings (SSSR count). The van der Waals surface area contributed by atoms with Crippen LogP contribution < -0.4 is 0 Å². The number of pyridine rings is 1. The highest BCUT2D eigenvalue weighted by molar-refractivity contribution is 5.83. The predicted molar refractivity (Wildman–Crippen MR) is 117 cm³/mol. The Bertz CT molecular complexity index is 1150. The van der Waals surface area contributed by atoms with Crippen LogP contribution in [-0.2, 0) is 24.2 Å². The van der Waals surface area contributed by atoms with Gasteiger partial charge in [-0.25, -0.2) is 0 Å². The first kappa shape index (κ1) is 20.8. The van der Waals surface area contributed by atoms with Crippen molar-refractivity contribution in [1.29, 1.82) is 0 Å². The normalized spacial score (nSPS) is 11.2. The van der Waals surface area contributed by atoms with Gasteiger partial charge in [-0.05, 0) is 24.6 Å². The van der Waals surface area contributed by atoms with E-state index >= 15 is 0 Å². The highest BCUT2D eigenvalue weighted by Crippen LogP contribution is 2.28. The van der Waals surface area contributed by atoms with Gasteiger partial charge in [0.05, 0.1) is 0 Å². The Balaban J connectivity index is 1.41. The van der Waals surface area contributed by atoms with Gasteiger partial charge in [0, 0.05) is 61.8 Å². The number of hydrogen-bond acceptors (Lipinski definition) is 6. The van der Waals surface area contributed by atoms with E-state index in [4.69, 9.17) is 8.94 Å². The van der Waals surface area contributed by atoms with Gasteiger partial charge in [0.2, 0.25) is 17.6 Å². The summed E-state index contributed by atoms with van der Waals surface area (Å²) in [7, 11) is 1.82. The topological polar surface area (TPSA) is 85.3 Å². The zero-order valence-electron chi connectivity index (χ0n) is 17.9. The van der Waals surface area contributed by atoms with Gasteiger partial charge < -0.3 is 13.8 Å². The van der Waals surface area contributed by atoms with Gasteiger partial charge in [0.1, 0.15) is 11.3 Å². The molecule has 31 heavy (non-hydrogen) atoms. The molecule has 0 aliphatic carbocycles. The zero-order chi connectivity index (χ0) is 21.6. The minimum Gasteiger partial charge on any atom is -0.461 e. The Kier molecular flexibility index (Phi) is 6.40. The molecule has 0 saturated heterocycles. The molecule has 1 aromatic carbocycles. The van der Waals surface area contributed by atoms with E-state index in [1.54, 1.807) is 17.3 Å². The lowest BCUT2D eigenvalue weighted by Crippen LogP contribution is -2.26. The Morgan fingerprint density at radius 1 is 1.10 bits per heavy atom. The van der Waals surface area contributed by atoms with Crippen molar-refractivity contribution >= 4 is 16.9 Å². The zero-order valence-corrected chi connectivity index (χ0v) is 17.9. The third-order valence-electron chi connectivity index (χ3n) is 5.32. The molecule has 3 heterocycles. The van der Waals surface area contributed by atoms with Crippen molar-refractivity contribution in [2.24, 2.45) is 0 Å². The van der Waals surface area contributed by atoms with Crippen LogP contribution in [-0.4, -0.2) is 33.0 Å². The fourth-order valence-electron chi connectivity index (χ4n) is 3.57. The maximum Gasteiger partial charge on any atom is 0.227 e. The van der Waals surface area contributed by atoms with E-state index in [2.05, 4.69) is 28.1 Å². The van der Waals surface area contributed by atoms with Crippen LogP contribution in [0.2, 0.25) is 0 Å². The average Bonchev–Trinajstić information content (AvgIpc) is 3.41. The number of aromatic nitrogens is 3. The number of furan rings is 1. The van der Waals surface area contributed by atoms with Crippen molar-refractivity contribution in [2.75, 3.05) is 7.05 Å². The Morgan fingerprint density at radius 2 is 1.90 bits per heavy atom. The first-order valence-corrected chi connectivity index (χ1v) is 10.6. The van der Waals surface area contributed by atoms with Gasteiger partial charge in [-0.15, -0.1) is 0 Å². The molecule has 0 fully saturated rings. The molecule has 0 bridgehead atoms. The molecule has 0 aliphatic rings. The molecule has 0 saturated carbocycles. The number of rotatable bonds is 9. The molecule has 160 valence electrons. The lowest BCUT2D eigenvalue weighted by atomic mass is 10.1. The Morgan fingerprint density at radius 3 is 2.71 bits per heavy atom. The molecule has 0 unspecified atom stereocenters.